The Hall–Kier alpha value is -4.15. The number of allylic oxidation sites excluding steroid dienone is 1. The van der Waals surface area contributed by atoms with Crippen molar-refractivity contribution in [1.82, 2.24) is 4.57 Å². The molecule has 1 aliphatic heterocycles. The quantitative estimate of drug-likeness (QED) is 0.262. The van der Waals surface area contributed by atoms with E-state index in [0.29, 0.717) is 37.7 Å². The van der Waals surface area contributed by atoms with Crippen LogP contribution in [0.5, 0.6) is 0 Å². The Morgan fingerprint density at radius 2 is 1.95 bits per heavy atom. The first-order valence-corrected chi connectivity index (χ1v) is 14.1. The molecule has 2 aromatic heterocycles. The van der Waals surface area contributed by atoms with E-state index in [1.54, 1.807) is 56.0 Å². The van der Waals surface area contributed by atoms with Crippen LogP contribution in [-0.4, -0.2) is 34.5 Å². The molecule has 0 radical (unpaired) electrons. The van der Waals surface area contributed by atoms with Gasteiger partial charge in [0, 0.05) is 16.5 Å². The second kappa shape index (κ2) is 10.9. The first-order chi connectivity index (χ1) is 18.8. The Bertz CT molecular complexity index is 1790. The van der Waals surface area contributed by atoms with Crippen molar-refractivity contribution >= 4 is 41.1 Å². The monoisotopic (exact) mass is 560 g/mol. The molecule has 4 aromatic rings. The lowest BCUT2D eigenvalue weighted by atomic mass is 9.96. The third kappa shape index (κ3) is 5.13. The molecule has 3 heterocycles. The van der Waals surface area contributed by atoms with Gasteiger partial charge in [-0.2, -0.15) is 0 Å². The number of fused-ring (bicyclic) bond motifs is 1. The summed E-state index contributed by atoms with van der Waals surface area (Å²) in [6, 6.07) is 16.9. The largest absolute Gasteiger partial charge is 0.478 e. The Morgan fingerprint density at radius 3 is 2.64 bits per heavy atom. The number of ether oxygens (including phenoxy) is 1. The summed E-state index contributed by atoms with van der Waals surface area (Å²) in [6.45, 7) is 3.69. The Labute approximate surface area is 231 Å². The van der Waals surface area contributed by atoms with Crippen molar-refractivity contribution in [2.45, 2.75) is 24.8 Å². The minimum absolute atomic E-state index is 0.150. The van der Waals surface area contributed by atoms with Crippen LogP contribution >= 0.6 is 23.1 Å². The third-order valence-corrected chi connectivity index (χ3v) is 7.97. The summed E-state index contributed by atoms with van der Waals surface area (Å²) in [5.41, 5.74) is 2.05. The zero-order valence-electron chi connectivity index (χ0n) is 21.3. The minimum Gasteiger partial charge on any atom is -0.478 e. The molecule has 0 saturated carbocycles. The van der Waals surface area contributed by atoms with Crippen molar-refractivity contribution in [3.05, 3.63) is 109 Å². The fourth-order valence-electron chi connectivity index (χ4n) is 4.41. The molecule has 39 heavy (non-hydrogen) atoms. The van der Waals surface area contributed by atoms with Crippen LogP contribution in [0.25, 0.3) is 17.4 Å². The smallest absolute Gasteiger partial charge is 0.338 e. The maximum atomic E-state index is 13.8. The van der Waals surface area contributed by atoms with Gasteiger partial charge in [-0.3, -0.25) is 9.36 Å². The topological polar surface area (TPSA) is 111 Å². The number of hydrogen-bond acceptors (Lipinski definition) is 8. The third-order valence-electron chi connectivity index (χ3n) is 6.24. The van der Waals surface area contributed by atoms with E-state index < -0.39 is 18.0 Å². The number of aromatic nitrogens is 1. The molecule has 10 heteroatoms. The van der Waals surface area contributed by atoms with Crippen LogP contribution in [0.4, 0.5) is 0 Å². The highest BCUT2D eigenvalue weighted by atomic mass is 32.2. The second-order valence-corrected chi connectivity index (χ2v) is 10.6. The number of carboxylic acids is 1. The Balaban J connectivity index is 1.61. The second-order valence-electron chi connectivity index (χ2n) is 8.66. The summed E-state index contributed by atoms with van der Waals surface area (Å²) in [5, 5.41) is 9.28. The molecule has 8 nitrogen and oxygen atoms in total. The van der Waals surface area contributed by atoms with E-state index in [0.717, 1.165) is 10.5 Å². The molecule has 0 amide bonds. The molecule has 0 aliphatic carbocycles. The summed E-state index contributed by atoms with van der Waals surface area (Å²) in [4.78, 5) is 44.2. The van der Waals surface area contributed by atoms with Crippen molar-refractivity contribution in [3.8, 4) is 11.3 Å². The number of furan rings is 1. The maximum absolute atomic E-state index is 13.8. The minimum atomic E-state index is -1.03. The zero-order valence-corrected chi connectivity index (χ0v) is 23.0. The van der Waals surface area contributed by atoms with Gasteiger partial charge in [0.2, 0.25) is 0 Å². The van der Waals surface area contributed by atoms with Crippen LogP contribution < -0.4 is 14.9 Å². The van der Waals surface area contributed by atoms with E-state index in [4.69, 9.17) is 9.15 Å². The number of carbonyl (C=O) groups is 2. The number of benzene rings is 2. The van der Waals surface area contributed by atoms with Crippen LogP contribution in [0.15, 0.2) is 91.0 Å². The summed E-state index contributed by atoms with van der Waals surface area (Å²) < 4.78 is 13.2. The molecule has 0 spiro atoms. The maximum Gasteiger partial charge on any atom is 0.338 e. The molecule has 1 N–H and O–H groups in total. The Kier molecular flexibility index (Phi) is 7.40. The van der Waals surface area contributed by atoms with E-state index in [2.05, 4.69) is 4.99 Å². The van der Waals surface area contributed by atoms with Crippen LogP contribution in [0, 0.1) is 0 Å². The number of hydrogen-bond donors (Lipinski definition) is 1. The molecule has 5 rings (SSSR count). The van der Waals surface area contributed by atoms with E-state index in [-0.39, 0.29) is 17.7 Å². The van der Waals surface area contributed by atoms with Gasteiger partial charge in [-0.15, -0.1) is 11.8 Å². The average Bonchev–Trinajstić information content (AvgIpc) is 3.52. The highest BCUT2D eigenvalue weighted by molar-refractivity contribution is 7.98. The lowest BCUT2D eigenvalue weighted by molar-refractivity contribution is -0.139. The average molecular weight is 561 g/mol. The first kappa shape index (κ1) is 26.5. The van der Waals surface area contributed by atoms with Crippen molar-refractivity contribution in [3.63, 3.8) is 0 Å². The van der Waals surface area contributed by atoms with E-state index in [1.165, 1.54) is 28.0 Å². The molecule has 0 fully saturated rings. The summed E-state index contributed by atoms with van der Waals surface area (Å²) >= 11 is 2.81. The van der Waals surface area contributed by atoms with Gasteiger partial charge in [0.05, 0.1) is 34.0 Å². The van der Waals surface area contributed by atoms with Gasteiger partial charge in [0.25, 0.3) is 5.56 Å². The van der Waals surface area contributed by atoms with Gasteiger partial charge < -0.3 is 14.3 Å². The number of carboxylic acid groups (broad SMARTS) is 1. The number of aromatic carboxylic acids is 1. The van der Waals surface area contributed by atoms with Crippen LogP contribution in [-0.2, 0) is 9.53 Å². The predicted octanol–water partition coefficient (Wildman–Crippen LogP) is 4.48. The summed E-state index contributed by atoms with van der Waals surface area (Å²) in [5.74, 6) is -0.631. The van der Waals surface area contributed by atoms with Crippen molar-refractivity contribution in [1.29, 1.82) is 0 Å². The standard InChI is InChI=1S/C29H24N2O6S2/c1-4-36-28(35)24-16(2)30-29-31(25(24)17-8-11-21(38-3)12-9-17)26(32)23(39-29)15-20-10-13-22(37-20)18-6-5-7-19(14-18)27(33)34/h5-15,25H,4H2,1-3H3,(H,33,34)/b23-15-/t25-/m1/s1. The number of rotatable bonds is 7. The Morgan fingerprint density at radius 1 is 1.18 bits per heavy atom. The van der Waals surface area contributed by atoms with Gasteiger partial charge in [-0.25, -0.2) is 14.6 Å². The van der Waals surface area contributed by atoms with E-state index in [9.17, 15) is 19.5 Å². The summed E-state index contributed by atoms with van der Waals surface area (Å²) in [7, 11) is 0. The van der Waals surface area contributed by atoms with Gasteiger partial charge in [0.1, 0.15) is 11.5 Å². The van der Waals surface area contributed by atoms with Crippen LogP contribution in [0.2, 0.25) is 0 Å². The molecular weight excluding hydrogens is 536 g/mol. The van der Waals surface area contributed by atoms with Crippen LogP contribution in [0.1, 0.15) is 41.6 Å². The number of carbonyl (C=O) groups excluding carboxylic acids is 1. The number of thiazole rings is 1. The normalized spacial score (nSPS) is 15.2. The lowest BCUT2D eigenvalue weighted by Gasteiger charge is -2.24. The lowest BCUT2D eigenvalue weighted by Crippen LogP contribution is -2.39. The van der Waals surface area contributed by atoms with Gasteiger partial charge in [-0.05, 0) is 62.1 Å². The summed E-state index contributed by atoms with van der Waals surface area (Å²) in [6.07, 6.45) is 3.61. The first-order valence-electron chi connectivity index (χ1n) is 12.1. The molecule has 0 unspecified atom stereocenters. The fraction of sp³-hybridized carbons (Fsp3) is 0.172. The molecule has 1 aliphatic rings. The number of thioether (sulfide) groups is 1. The number of esters is 1. The molecule has 2 aromatic carbocycles. The zero-order chi connectivity index (χ0) is 27.7. The predicted molar refractivity (Wildman–Crippen MR) is 150 cm³/mol. The highest BCUT2D eigenvalue weighted by Crippen LogP contribution is 2.32. The van der Waals surface area contributed by atoms with Crippen LogP contribution in [0.3, 0.4) is 0 Å². The van der Waals surface area contributed by atoms with Crippen molar-refractivity contribution in [2.75, 3.05) is 12.9 Å². The molecule has 1 atom stereocenters. The van der Waals surface area contributed by atoms with Crippen molar-refractivity contribution < 1.29 is 23.8 Å². The molecule has 0 saturated heterocycles. The molecule has 198 valence electrons. The van der Waals surface area contributed by atoms with Gasteiger partial charge in [-0.1, -0.05) is 35.6 Å². The highest BCUT2D eigenvalue weighted by Gasteiger charge is 2.33. The molecule has 0 bridgehead atoms. The van der Waals surface area contributed by atoms with E-state index in [1.807, 2.05) is 30.5 Å². The van der Waals surface area contributed by atoms with E-state index >= 15 is 0 Å². The SMILES string of the molecule is CCOC(=O)C1=C(C)N=c2s/c(=C\c3ccc(-c4cccc(C(=O)O)c4)o3)c(=O)n2[C@@H]1c1ccc(SC)cc1. The number of nitrogens with zero attached hydrogens (tertiary/aromatic N) is 2. The van der Waals surface area contributed by atoms with Crippen molar-refractivity contribution in [2.24, 2.45) is 4.99 Å². The molecular formula is C29H24N2O6S2. The van der Waals surface area contributed by atoms with Gasteiger partial charge >= 0.3 is 11.9 Å². The van der Waals surface area contributed by atoms with Gasteiger partial charge in [0.15, 0.2) is 4.80 Å². The fourth-order valence-corrected chi connectivity index (χ4v) is 5.85.